The average molecular weight is 414 g/mol. The number of para-hydroxylation sites is 1. The molecule has 2 aromatic carbocycles. The molecule has 0 spiro atoms. The second-order valence-electron chi connectivity index (χ2n) is 6.34. The molecule has 154 valence electrons. The van der Waals surface area contributed by atoms with Gasteiger partial charge in [0, 0.05) is 29.3 Å². The molecule has 0 amide bonds. The molecule has 10 heteroatoms. The molecule has 0 saturated heterocycles. The molecule has 4 rings (SSSR count). The molecular weight excluding hydrogens is 397 g/mol. The smallest absolute Gasteiger partial charge is 0.406 e. The number of aromatic nitrogens is 1. The standard InChI is InChI=1S/C20H17F3N6O/c21-20(22,23)30-16-7-5-15(6-8-16)25-18-4-2-1-3-17(18)19-26-28-29(27-19)13-14-9-11-24-12-10-14/h1-12,25,28H,13H2,(H,26,27). The van der Waals surface area contributed by atoms with Crippen molar-refractivity contribution >= 4 is 17.2 Å². The summed E-state index contributed by atoms with van der Waals surface area (Å²) in [5, 5.41) is 9.38. The summed E-state index contributed by atoms with van der Waals surface area (Å²) in [6.45, 7) is 0.537. The van der Waals surface area contributed by atoms with Crippen LogP contribution in [0.2, 0.25) is 0 Å². The first-order valence-electron chi connectivity index (χ1n) is 8.95. The lowest BCUT2D eigenvalue weighted by atomic mass is 10.1. The van der Waals surface area contributed by atoms with E-state index in [9.17, 15) is 13.2 Å². The molecule has 1 aliphatic heterocycles. The number of pyridine rings is 1. The van der Waals surface area contributed by atoms with E-state index in [1.54, 1.807) is 17.5 Å². The van der Waals surface area contributed by atoms with Crippen molar-refractivity contribution in [3.63, 3.8) is 0 Å². The third kappa shape index (κ3) is 4.97. The van der Waals surface area contributed by atoms with Crippen molar-refractivity contribution in [3.8, 4) is 5.75 Å². The van der Waals surface area contributed by atoms with Gasteiger partial charge in [0.1, 0.15) is 5.75 Å². The highest BCUT2D eigenvalue weighted by atomic mass is 19.4. The summed E-state index contributed by atoms with van der Waals surface area (Å²) in [6, 6.07) is 16.8. The van der Waals surface area contributed by atoms with E-state index in [4.69, 9.17) is 0 Å². The van der Waals surface area contributed by atoms with Crippen LogP contribution >= 0.6 is 0 Å². The first kappa shape index (κ1) is 19.5. The van der Waals surface area contributed by atoms with Gasteiger partial charge in [0.05, 0.1) is 6.54 Å². The Kier molecular flexibility index (Phi) is 5.40. The van der Waals surface area contributed by atoms with Crippen molar-refractivity contribution in [2.24, 2.45) is 5.10 Å². The van der Waals surface area contributed by atoms with E-state index < -0.39 is 6.36 Å². The number of nitrogens with zero attached hydrogens (tertiary/aromatic N) is 3. The van der Waals surface area contributed by atoms with Gasteiger partial charge in [-0.1, -0.05) is 12.1 Å². The van der Waals surface area contributed by atoms with Gasteiger partial charge < -0.3 is 10.1 Å². The first-order chi connectivity index (χ1) is 14.5. The van der Waals surface area contributed by atoms with E-state index in [-0.39, 0.29) is 5.75 Å². The zero-order chi connectivity index (χ0) is 21.0. The summed E-state index contributed by atoms with van der Waals surface area (Å²) in [4.78, 5) is 3.99. The molecule has 1 aromatic heterocycles. The third-order valence-electron chi connectivity index (χ3n) is 4.15. The van der Waals surface area contributed by atoms with Crippen LogP contribution in [0.25, 0.3) is 0 Å². The third-order valence-corrected chi connectivity index (χ3v) is 4.15. The number of ether oxygens (including phenoxy) is 1. The van der Waals surface area contributed by atoms with Gasteiger partial charge in [-0.25, -0.2) is 5.12 Å². The minimum absolute atomic E-state index is 0.279. The van der Waals surface area contributed by atoms with E-state index in [0.29, 0.717) is 18.1 Å². The Hall–Kier alpha value is -3.79. The predicted molar refractivity (Wildman–Crippen MR) is 105 cm³/mol. The lowest BCUT2D eigenvalue weighted by Gasteiger charge is -2.13. The maximum atomic E-state index is 12.3. The SMILES string of the molecule is FC(F)(F)Oc1ccc(Nc2ccccc2C2=NN(Cc3ccncc3)NN2)cc1. The lowest BCUT2D eigenvalue weighted by molar-refractivity contribution is -0.274. The molecular formula is C20H17F3N6O. The molecule has 7 nitrogen and oxygen atoms in total. The molecule has 3 aromatic rings. The number of hydrazone groups is 1. The van der Waals surface area contributed by atoms with Crippen molar-refractivity contribution in [3.05, 3.63) is 84.2 Å². The second-order valence-corrected chi connectivity index (χ2v) is 6.34. The highest BCUT2D eigenvalue weighted by molar-refractivity contribution is 6.04. The molecule has 0 unspecified atom stereocenters. The van der Waals surface area contributed by atoms with Gasteiger partial charge >= 0.3 is 6.36 Å². The van der Waals surface area contributed by atoms with E-state index >= 15 is 0 Å². The largest absolute Gasteiger partial charge is 0.573 e. The number of amidine groups is 1. The summed E-state index contributed by atoms with van der Waals surface area (Å²) in [5.74, 6) is 0.323. The van der Waals surface area contributed by atoms with Gasteiger partial charge in [-0.05, 0) is 54.1 Å². The van der Waals surface area contributed by atoms with Crippen LogP contribution in [0, 0.1) is 0 Å². The summed E-state index contributed by atoms with van der Waals surface area (Å²) in [5.41, 5.74) is 9.19. The Morgan fingerprint density at radius 3 is 2.43 bits per heavy atom. The van der Waals surface area contributed by atoms with Gasteiger partial charge in [0.2, 0.25) is 0 Å². The van der Waals surface area contributed by atoms with Crippen LogP contribution < -0.4 is 21.0 Å². The van der Waals surface area contributed by atoms with Crippen LogP contribution in [0.4, 0.5) is 24.5 Å². The Morgan fingerprint density at radius 2 is 1.70 bits per heavy atom. The Morgan fingerprint density at radius 1 is 0.967 bits per heavy atom. The van der Waals surface area contributed by atoms with E-state index in [1.807, 2.05) is 36.4 Å². The fourth-order valence-corrected chi connectivity index (χ4v) is 2.84. The summed E-state index contributed by atoms with van der Waals surface area (Å²) in [7, 11) is 0. The maximum Gasteiger partial charge on any atom is 0.573 e. The zero-order valence-corrected chi connectivity index (χ0v) is 15.5. The van der Waals surface area contributed by atoms with Gasteiger partial charge in [0.25, 0.3) is 0 Å². The Bertz CT molecular complexity index is 1020. The summed E-state index contributed by atoms with van der Waals surface area (Å²) in [6.07, 6.45) is -1.29. The number of rotatable bonds is 6. The molecule has 2 heterocycles. The van der Waals surface area contributed by atoms with Crippen LogP contribution in [-0.4, -0.2) is 22.3 Å². The number of anilines is 2. The quantitative estimate of drug-likeness (QED) is 0.568. The molecule has 0 radical (unpaired) electrons. The number of hydrazine groups is 2. The van der Waals surface area contributed by atoms with Crippen molar-refractivity contribution in [2.75, 3.05) is 5.32 Å². The number of halogens is 3. The van der Waals surface area contributed by atoms with Crippen LogP contribution in [0.3, 0.4) is 0 Å². The minimum Gasteiger partial charge on any atom is -0.406 e. The molecule has 0 bridgehead atoms. The van der Waals surface area contributed by atoms with Gasteiger partial charge in [-0.15, -0.1) is 23.8 Å². The number of benzene rings is 2. The van der Waals surface area contributed by atoms with Crippen LogP contribution in [-0.2, 0) is 6.54 Å². The number of hydrogen-bond donors (Lipinski definition) is 3. The molecule has 1 aliphatic rings. The van der Waals surface area contributed by atoms with Crippen LogP contribution in [0.5, 0.6) is 5.75 Å². The fraction of sp³-hybridized carbons (Fsp3) is 0.100. The van der Waals surface area contributed by atoms with Gasteiger partial charge in [-0.3, -0.25) is 10.4 Å². The number of alkyl halides is 3. The Balaban J connectivity index is 1.48. The highest BCUT2D eigenvalue weighted by Gasteiger charge is 2.31. The molecule has 0 fully saturated rings. The second kappa shape index (κ2) is 8.29. The topological polar surface area (TPSA) is 73.8 Å². The normalized spacial score (nSPS) is 13.6. The molecule has 30 heavy (non-hydrogen) atoms. The summed E-state index contributed by atoms with van der Waals surface area (Å²) >= 11 is 0. The minimum atomic E-state index is -4.72. The van der Waals surface area contributed by atoms with E-state index in [2.05, 4.69) is 31.1 Å². The van der Waals surface area contributed by atoms with Crippen molar-refractivity contribution < 1.29 is 17.9 Å². The van der Waals surface area contributed by atoms with Crippen molar-refractivity contribution in [1.29, 1.82) is 0 Å². The van der Waals surface area contributed by atoms with Crippen molar-refractivity contribution in [2.45, 2.75) is 12.9 Å². The molecule has 0 atom stereocenters. The Labute approximate surface area is 170 Å². The summed E-state index contributed by atoms with van der Waals surface area (Å²) < 4.78 is 40.8. The zero-order valence-electron chi connectivity index (χ0n) is 15.5. The number of hydrogen-bond acceptors (Lipinski definition) is 7. The molecule has 3 N–H and O–H groups in total. The van der Waals surface area contributed by atoms with Crippen LogP contribution in [0.1, 0.15) is 11.1 Å². The predicted octanol–water partition coefficient (Wildman–Crippen LogP) is 3.91. The highest BCUT2D eigenvalue weighted by Crippen LogP contribution is 2.26. The number of nitrogens with one attached hydrogen (secondary N) is 3. The van der Waals surface area contributed by atoms with Gasteiger partial charge in [0.15, 0.2) is 5.84 Å². The first-order valence-corrected chi connectivity index (χ1v) is 8.95. The lowest BCUT2D eigenvalue weighted by Crippen LogP contribution is -2.38. The van der Waals surface area contributed by atoms with Crippen molar-refractivity contribution in [1.82, 2.24) is 21.1 Å². The van der Waals surface area contributed by atoms with E-state index in [0.717, 1.165) is 16.8 Å². The van der Waals surface area contributed by atoms with Gasteiger partial charge in [-0.2, -0.15) is 0 Å². The van der Waals surface area contributed by atoms with Crippen LogP contribution in [0.15, 0.2) is 78.2 Å². The van der Waals surface area contributed by atoms with E-state index in [1.165, 1.54) is 24.3 Å². The molecule has 0 aliphatic carbocycles. The molecule has 0 saturated carbocycles. The monoisotopic (exact) mass is 414 g/mol. The fourth-order valence-electron chi connectivity index (χ4n) is 2.84. The average Bonchev–Trinajstić information content (AvgIpc) is 3.18. The maximum absolute atomic E-state index is 12.3.